The molecule has 0 unspecified atom stereocenters. The van der Waals surface area contributed by atoms with Crippen molar-refractivity contribution in [2.75, 3.05) is 44.2 Å². The molecule has 6 heteroatoms. The summed E-state index contributed by atoms with van der Waals surface area (Å²) in [5, 5.41) is 3.06. The van der Waals surface area contributed by atoms with Crippen LogP contribution in [0.5, 0.6) is 0 Å². The number of H-pyrrole nitrogens is 1. The van der Waals surface area contributed by atoms with Crippen LogP contribution in [-0.2, 0) is 0 Å². The number of piperazine rings is 1. The van der Waals surface area contributed by atoms with Gasteiger partial charge in [0.2, 0.25) is 0 Å². The number of para-hydroxylation sites is 1. The topological polar surface area (TPSA) is 51.4 Å². The largest absolute Gasteiger partial charge is 0.367 e. The Balaban J connectivity index is 1.23. The standard InChI is InChI=1S/C27H33FN4O/c1-19-9-10-22(17-20(19)2)25-18-23(21(3)30-25)27(33)29-11-6-12-31-13-15-32(16-14-31)26-8-5-4-7-24(26)28/h4-5,7-10,17-18,30H,6,11-16H2,1-3H3,(H,29,33). The smallest absolute Gasteiger partial charge is 0.253 e. The molecule has 1 amide bonds. The molecule has 4 rings (SSSR count). The number of halogens is 1. The summed E-state index contributed by atoms with van der Waals surface area (Å²) < 4.78 is 14.0. The minimum Gasteiger partial charge on any atom is -0.367 e. The molecule has 2 N–H and O–H groups in total. The number of hydrogen-bond acceptors (Lipinski definition) is 3. The van der Waals surface area contributed by atoms with E-state index in [1.807, 2.05) is 25.1 Å². The van der Waals surface area contributed by atoms with Gasteiger partial charge >= 0.3 is 0 Å². The Hall–Kier alpha value is -3.12. The molecular formula is C27H33FN4O. The number of aromatic nitrogens is 1. The normalized spacial score (nSPS) is 14.5. The summed E-state index contributed by atoms with van der Waals surface area (Å²) in [7, 11) is 0. The number of amides is 1. The zero-order valence-corrected chi connectivity index (χ0v) is 19.7. The van der Waals surface area contributed by atoms with E-state index in [1.165, 1.54) is 17.2 Å². The van der Waals surface area contributed by atoms with E-state index in [4.69, 9.17) is 0 Å². The summed E-state index contributed by atoms with van der Waals surface area (Å²) in [4.78, 5) is 20.6. The quantitative estimate of drug-likeness (QED) is 0.516. The summed E-state index contributed by atoms with van der Waals surface area (Å²) in [5.74, 6) is -0.197. The average molecular weight is 449 g/mol. The van der Waals surface area contributed by atoms with E-state index in [0.717, 1.165) is 56.1 Å². The van der Waals surface area contributed by atoms with Crippen molar-refractivity contribution in [2.24, 2.45) is 0 Å². The van der Waals surface area contributed by atoms with Crippen LogP contribution in [0.25, 0.3) is 11.3 Å². The van der Waals surface area contributed by atoms with Crippen molar-refractivity contribution >= 4 is 11.6 Å². The maximum Gasteiger partial charge on any atom is 0.253 e. The second-order valence-corrected chi connectivity index (χ2v) is 8.91. The Kier molecular flexibility index (Phi) is 7.14. The van der Waals surface area contributed by atoms with Crippen LogP contribution in [0.15, 0.2) is 48.5 Å². The third kappa shape index (κ3) is 5.45. The highest BCUT2D eigenvalue weighted by atomic mass is 19.1. The van der Waals surface area contributed by atoms with E-state index in [9.17, 15) is 9.18 Å². The fourth-order valence-electron chi connectivity index (χ4n) is 4.38. The number of hydrogen-bond donors (Lipinski definition) is 2. The van der Waals surface area contributed by atoms with Crippen LogP contribution in [0.1, 0.15) is 33.6 Å². The summed E-state index contributed by atoms with van der Waals surface area (Å²) in [5.41, 5.74) is 6.82. The highest BCUT2D eigenvalue weighted by Crippen LogP contribution is 2.24. The lowest BCUT2D eigenvalue weighted by molar-refractivity contribution is 0.0951. The molecule has 0 radical (unpaired) electrons. The van der Waals surface area contributed by atoms with Gasteiger partial charge in [0.1, 0.15) is 5.82 Å². The number of rotatable bonds is 7. The molecule has 2 aromatic carbocycles. The third-order valence-electron chi connectivity index (χ3n) is 6.58. The minimum absolute atomic E-state index is 0.0387. The van der Waals surface area contributed by atoms with E-state index in [-0.39, 0.29) is 11.7 Å². The Morgan fingerprint density at radius 2 is 1.76 bits per heavy atom. The molecule has 1 aromatic heterocycles. The maximum absolute atomic E-state index is 14.0. The van der Waals surface area contributed by atoms with Gasteiger partial charge in [-0.2, -0.15) is 0 Å². The lowest BCUT2D eigenvalue weighted by Gasteiger charge is -2.36. The Labute approximate surface area is 195 Å². The first-order chi connectivity index (χ1) is 15.9. The van der Waals surface area contributed by atoms with Gasteiger partial charge in [-0.25, -0.2) is 4.39 Å². The molecule has 2 heterocycles. The second kappa shape index (κ2) is 10.2. The first-order valence-electron chi connectivity index (χ1n) is 11.7. The van der Waals surface area contributed by atoms with E-state index < -0.39 is 0 Å². The van der Waals surface area contributed by atoms with Crippen molar-refractivity contribution in [3.05, 3.63) is 76.7 Å². The molecule has 33 heavy (non-hydrogen) atoms. The first-order valence-corrected chi connectivity index (χ1v) is 11.7. The van der Waals surface area contributed by atoms with Gasteiger partial charge in [0, 0.05) is 44.1 Å². The molecule has 5 nitrogen and oxygen atoms in total. The summed E-state index contributed by atoms with van der Waals surface area (Å²) in [6.45, 7) is 11.1. The van der Waals surface area contributed by atoms with Crippen molar-refractivity contribution in [1.29, 1.82) is 0 Å². The molecule has 0 aliphatic carbocycles. The molecule has 1 aliphatic heterocycles. The second-order valence-electron chi connectivity index (χ2n) is 8.91. The van der Waals surface area contributed by atoms with Crippen molar-refractivity contribution in [1.82, 2.24) is 15.2 Å². The lowest BCUT2D eigenvalue weighted by Crippen LogP contribution is -2.47. The van der Waals surface area contributed by atoms with Crippen LogP contribution in [0, 0.1) is 26.6 Å². The fraction of sp³-hybridized carbons (Fsp3) is 0.370. The zero-order chi connectivity index (χ0) is 23.4. The van der Waals surface area contributed by atoms with Crippen LogP contribution in [0.3, 0.4) is 0 Å². The van der Waals surface area contributed by atoms with E-state index in [2.05, 4.69) is 52.1 Å². The van der Waals surface area contributed by atoms with Gasteiger partial charge in [-0.15, -0.1) is 0 Å². The fourth-order valence-corrected chi connectivity index (χ4v) is 4.38. The SMILES string of the molecule is Cc1ccc(-c2cc(C(=O)NCCCN3CCN(c4ccccc4F)CC3)c(C)[nH]2)cc1C. The van der Waals surface area contributed by atoms with Gasteiger partial charge in [-0.3, -0.25) is 9.69 Å². The Morgan fingerprint density at radius 1 is 1.00 bits per heavy atom. The average Bonchev–Trinajstić information content (AvgIpc) is 3.21. The van der Waals surface area contributed by atoms with Crippen LogP contribution in [0.2, 0.25) is 0 Å². The number of aryl methyl sites for hydroxylation is 3. The number of benzene rings is 2. The number of carbonyl (C=O) groups is 1. The summed E-state index contributed by atoms with van der Waals surface area (Å²) in [6.07, 6.45) is 0.888. The Morgan fingerprint density at radius 3 is 2.48 bits per heavy atom. The summed E-state index contributed by atoms with van der Waals surface area (Å²) in [6, 6.07) is 15.2. The number of nitrogens with one attached hydrogen (secondary N) is 2. The lowest BCUT2D eigenvalue weighted by atomic mass is 10.0. The maximum atomic E-state index is 14.0. The van der Waals surface area contributed by atoms with Crippen LogP contribution in [0.4, 0.5) is 10.1 Å². The molecule has 3 aromatic rings. The van der Waals surface area contributed by atoms with Gasteiger partial charge in [-0.1, -0.05) is 24.3 Å². The van der Waals surface area contributed by atoms with E-state index in [1.54, 1.807) is 6.07 Å². The third-order valence-corrected chi connectivity index (χ3v) is 6.58. The van der Waals surface area contributed by atoms with Crippen molar-refractivity contribution in [3.8, 4) is 11.3 Å². The molecule has 0 atom stereocenters. The van der Waals surface area contributed by atoms with Crippen molar-refractivity contribution < 1.29 is 9.18 Å². The minimum atomic E-state index is -0.158. The van der Waals surface area contributed by atoms with Crippen LogP contribution >= 0.6 is 0 Å². The number of aromatic amines is 1. The number of anilines is 1. The highest BCUT2D eigenvalue weighted by Gasteiger charge is 2.19. The summed E-state index contributed by atoms with van der Waals surface area (Å²) >= 11 is 0. The molecule has 1 fully saturated rings. The van der Waals surface area contributed by atoms with Crippen LogP contribution < -0.4 is 10.2 Å². The van der Waals surface area contributed by atoms with Gasteiger partial charge in [-0.05, 0) is 74.7 Å². The number of carbonyl (C=O) groups excluding carboxylic acids is 1. The Bertz CT molecular complexity index is 1120. The highest BCUT2D eigenvalue weighted by molar-refractivity contribution is 5.96. The van der Waals surface area contributed by atoms with Gasteiger partial charge in [0.05, 0.1) is 11.3 Å². The zero-order valence-electron chi connectivity index (χ0n) is 19.7. The van der Waals surface area contributed by atoms with E-state index in [0.29, 0.717) is 17.8 Å². The monoisotopic (exact) mass is 448 g/mol. The molecule has 0 spiro atoms. The van der Waals surface area contributed by atoms with Crippen molar-refractivity contribution in [2.45, 2.75) is 27.2 Å². The van der Waals surface area contributed by atoms with Gasteiger partial charge < -0.3 is 15.2 Å². The van der Waals surface area contributed by atoms with Crippen LogP contribution in [-0.4, -0.2) is 55.1 Å². The van der Waals surface area contributed by atoms with Crippen molar-refractivity contribution in [3.63, 3.8) is 0 Å². The van der Waals surface area contributed by atoms with Gasteiger partial charge in [0.25, 0.3) is 5.91 Å². The molecule has 0 bridgehead atoms. The molecule has 1 aliphatic rings. The molecule has 0 saturated carbocycles. The predicted octanol–water partition coefficient (Wildman–Crippen LogP) is 4.69. The van der Waals surface area contributed by atoms with E-state index >= 15 is 0 Å². The number of nitrogens with zero attached hydrogens (tertiary/aromatic N) is 2. The van der Waals surface area contributed by atoms with Gasteiger partial charge in [0.15, 0.2) is 0 Å². The molecule has 174 valence electrons. The predicted molar refractivity (Wildman–Crippen MR) is 132 cm³/mol. The first kappa shape index (κ1) is 23.1. The molecular weight excluding hydrogens is 415 g/mol. The molecule has 1 saturated heterocycles.